The molecule has 0 saturated heterocycles. The Morgan fingerprint density at radius 1 is 1.35 bits per heavy atom. The maximum absolute atomic E-state index is 14.1. The van der Waals surface area contributed by atoms with Crippen molar-refractivity contribution in [2.75, 3.05) is 18.5 Å². The number of nitrogens with one attached hydrogen (secondary N) is 1. The Kier molecular flexibility index (Phi) is 4.38. The molecule has 1 aromatic rings. The molecule has 1 fully saturated rings. The quantitative estimate of drug-likeness (QED) is 0.881. The van der Waals surface area contributed by atoms with Crippen molar-refractivity contribution in [3.05, 3.63) is 29.6 Å². The summed E-state index contributed by atoms with van der Waals surface area (Å²) in [5.41, 5.74) is 1.78. The average molecular weight is 278 g/mol. The van der Waals surface area contributed by atoms with E-state index < -0.39 is 0 Å². The van der Waals surface area contributed by atoms with Crippen LogP contribution in [0.25, 0.3) is 0 Å². The lowest BCUT2D eigenvalue weighted by Crippen LogP contribution is -2.36. The molecule has 20 heavy (non-hydrogen) atoms. The molecule has 0 aliphatic heterocycles. The van der Waals surface area contributed by atoms with Gasteiger partial charge in [-0.1, -0.05) is 13.0 Å². The Labute approximate surface area is 122 Å². The molecule has 112 valence electrons. The van der Waals surface area contributed by atoms with Crippen LogP contribution in [-0.4, -0.2) is 19.1 Å². The second-order valence-electron chi connectivity index (χ2n) is 7.19. The minimum atomic E-state index is -0.116. The van der Waals surface area contributed by atoms with Crippen LogP contribution in [-0.2, 0) is 6.54 Å². The number of hydrogen-bond acceptors (Lipinski definition) is 2. The summed E-state index contributed by atoms with van der Waals surface area (Å²) in [5, 5.41) is 3.39. The fraction of sp³-hybridized carbons (Fsp3) is 0.647. The first kappa shape index (κ1) is 15.3. The lowest BCUT2D eigenvalue weighted by atomic mass is 10.1. The van der Waals surface area contributed by atoms with Gasteiger partial charge < -0.3 is 10.2 Å². The van der Waals surface area contributed by atoms with Crippen molar-refractivity contribution in [2.24, 2.45) is 11.8 Å². The standard InChI is InChI=1S/C17H27FN2/c1-12-9-13(12)11-20(5)16-8-6-7-15(18)14(16)10-19-17(2,3)4/h6-8,12-13,19H,9-11H2,1-5H3. The minimum Gasteiger partial charge on any atom is -0.374 e. The third kappa shape index (κ3) is 3.95. The molecule has 0 aromatic heterocycles. The van der Waals surface area contributed by atoms with E-state index in [-0.39, 0.29) is 11.4 Å². The van der Waals surface area contributed by atoms with Gasteiger partial charge in [0.05, 0.1) is 0 Å². The summed E-state index contributed by atoms with van der Waals surface area (Å²) in [4.78, 5) is 2.21. The highest BCUT2D eigenvalue weighted by Gasteiger charge is 2.33. The molecule has 0 radical (unpaired) electrons. The summed E-state index contributed by atoms with van der Waals surface area (Å²) in [6.45, 7) is 10.2. The second kappa shape index (κ2) is 5.72. The normalized spacial score (nSPS) is 21.9. The van der Waals surface area contributed by atoms with Crippen LogP contribution in [0.2, 0.25) is 0 Å². The lowest BCUT2D eigenvalue weighted by Gasteiger charge is -2.26. The predicted octanol–water partition coefficient (Wildman–Crippen LogP) is 3.81. The van der Waals surface area contributed by atoms with E-state index in [1.807, 2.05) is 6.07 Å². The molecule has 2 rings (SSSR count). The molecule has 1 aliphatic carbocycles. The van der Waals surface area contributed by atoms with Gasteiger partial charge in [0.2, 0.25) is 0 Å². The molecule has 2 nitrogen and oxygen atoms in total. The lowest BCUT2D eigenvalue weighted by molar-refractivity contribution is 0.418. The van der Waals surface area contributed by atoms with Crippen molar-refractivity contribution >= 4 is 5.69 Å². The van der Waals surface area contributed by atoms with E-state index in [0.717, 1.165) is 29.6 Å². The minimum absolute atomic E-state index is 0.0108. The van der Waals surface area contributed by atoms with Crippen molar-refractivity contribution < 1.29 is 4.39 Å². The van der Waals surface area contributed by atoms with Gasteiger partial charge in [-0.25, -0.2) is 4.39 Å². The first-order valence-electron chi connectivity index (χ1n) is 7.51. The molecular weight excluding hydrogens is 251 g/mol. The number of halogens is 1. The molecule has 2 unspecified atom stereocenters. The molecular formula is C17H27FN2. The van der Waals surface area contributed by atoms with E-state index in [2.05, 4.69) is 45.0 Å². The fourth-order valence-corrected chi connectivity index (χ4v) is 2.54. The molecule has 0 bridgehead atoms. The zero-order chi connectivity index (χ0) is 14.9. The van der Waals surface area contributed by atoms with Gasteiger partial charge in [-0.05, 0) is 51.2 Å². The molecule has 0 heterocycles. The van der Waals surface area contributed by atoms with E-state index in [9.17, 15) is 4.39 Å². The number of hydrogen-bond donors (Lipinski definition) is 1. The first-order valence-corrected chi connectivity index (χ1v) is 7.51. The van der Waals surface area contributed by atoms with Gasteiger partial charge >= 0.3 is 0 Å². The summed E-state index contributed by atoms with van der Waals surface area (Å²) >= 11 is 0. The van der Waals surface area contributed by atoms with Crippen molar-refractivity contribution in [1.29, 1.82) is 0 Å². The van der Waals surface area contributed by atoms with Crippen LogP contribution in [0.5, 0.6) is 0 Å². The summed E-state index contributed by atoms with van der Waals surface area (Å²) in [6, 6.07) is 5.38. The molecule has 2 atom stereocenters. The van der Waals surface area contributed by atoms with Crippen molar-refractivity contribution in [3.8, 4) is 0 Å². The summed E-state index contributed by atoms with van der Waals surface area (Å²) in [5.74, 6) is 1.48. The molecule has 1 saturated carbocycles. The molecule has 0 amide bonds. The van der Waals surface area contributed by atoms with Crippen LogP contribution >= 0.6 is 0 Å². The first-order chi connectivity index (χ1) is 9.28. The van der Waals surface area contributed by atoms with E-state index in [0.29, 0.717) is 6.54 Å². The number of rotatable bonds is 5. The maximum Gasteiger partial charge on any atom is 0.129 e. The SMILES string of the molecule is CC1CC1CN(C)c1cccc(F)c1CNC(C)(C)C. The largest absolute Gasteiger partial charge is 0.374 e. The number of benzene rings is 1. The zero-order valence-corrected chi connectivity index (χ0v) is 13.3. The van der Waals surface area contributed by atoms with Crippen LogP contribution in [0.1, 0.15) is 39.7 Å². The average Bonchev–Trinajstić information content (AvgIpc) is 3.01. The Bertz CT molecular complexity index is 465. The Hall–Kier alpha value is -1.09. The Morgan fingerprint density at radius 3 is 2.55 bits per heavy atom. The highest BCUT2D eigenvalue weighted by atomic mass is 19.1. The molecule has 1 aliphatic rings. The molecule has 3 heteroatoms. The van der Waals surface area contributed by atoms with E-state index in [4.69, 9.17) is 0 Å². The number of anilines is 1. The van der Waals surface area contributed by atoms with E-state index in [1.54, 1.807) is 12.1 Å². The van der Waals surface area contributed by atoms with Crippen LogP contribution in [0.3, 0.4) is 0 Å². The van der Waals surface area contributed by atoms with Gasteiger partial charge in [-0.2, -0.15) is 0 Å². The van der Waals surface area contributed by atoms with Gasteiger partial charge in [0, 0.05) is 36.9 Å². The van der Waals surface area contributed by atoms with Gasteiger partial charge in [0.15, 0.2) is 0 Å². The number of nitrogens with zero attached hydrogens (tertiary/aromatic N) is 1. The monoisotopic (exact) mass is 278 g/mol. The van der Waals surface area contributed by atoms with Gasteiger partial charge in [0.1, 0.15) is 5.82 Å². The Balaban J connectivity index is 2.12. The van der Waals surface area contributed by atoms with Crippen LogP contribution in [0.4, 0.5) is 10.1 Å². The highest BCUT2D eigenvalue weighted by Crippen LogP contribution is 2.39. The maximum atomic E-state index is 14.1. The summed E-state index contributed by atoms with van der Waals surface area (Å²) < 4.78 is 14.1. The molecule has 1 aromatic carbocycles. The van der Waals surface area contributed by atoms with Gasteiger partial charge in [0.25, 0.3) is 0 Å². The molecule has 1 N–H and O–H groups in total. The molecule has 0 spiro atoms. The topological polar surface area (TPSA) is 15.3 Å². The summed E-state index contributed by atoms with van der Waals surface area (Å²) in [7, 11) is 2.07. The summed E-state index contributed by atoms with van der Waals surface area (Å²) in [6.07, 6.45) is 1.30. The van der Waals surface area contributed by atoms with Crippen LogP contribution in [0, 0.1) is 17.7 Å². The predicted molar refractivity (Wildman–Crippen MR) is 83.5 cm³/mol. The highest BCUT2D eigenvalue weighted by molar-refractivity contribution is 5.54. The van der Waals surface area contributed by atoms with E-state index >= 15 is 0 Å². The third-order valence-electron chi connectivity index (χ3n) is 4.09. The van der Waals surface area contributed by atoms with Crippen molar-refractivity contribution in [3.63, 3.8) is 0 Å². The van der Waals surface area contributed by atoms with Crippen LogP contribution in [0.15, 0.2) is 18.2 Å². The van der Waals surface area contributed by atoms with Crippen LogP contribution < -0.4 is 10.2 Å². The third-order valence-corrected chi connectivity index (χ3v) is 4.09. The van der Waals surface area contributed by atoms with Gasteiger partial charge in [-0.15, -0.1) is 0 Å². The smallest absolute Gasteiger partial charge is 0.129 e. The fourth-order valence-electron chi connectivity index (χ4n) is 2.54. The van der Waals surface area contributed by atoms with E-state index in [1.165, 1.54) is 6.42 Å². The Morgan fingerprint density at radius 2 is 2.00 bits per heavy atom. The van der Waals surface area contributed by atoms with Crippen molar-refractivity contribution in [2.45, 2.75) is 46.2 Å². The second-order valence-corrected chi connectivity index (χ2v) is 7.19. The van der Waals surface area contributed by atoms with Crippen molar-refractivity contribution in [1.82, 2.24) is 5.32 Å². The van der Waals surface area contributed by atoms with Gasteiger partial charge in [-0.3, -0.25) is 0 Å². The zero-order valence-electron chi connectivity index (χ0n) is 13.3.